The molecule has 0 saturated carbocycles. The normalized spacial score (nSPS) is 11.0. The van der Waals surface area contributed by atoms with Crippen molar-refractivity contribution in [3.05, 3.63) is 30.3 Å². The van der Waals surface area contributed by atoms with Gasteiger partial charge in [-0.3, -0.25) is 0 Å². The number of aliphatic hydroxyl groups is 1. The Morgan fingerprint density at radius 3 is 3.07 bits per heavy atom. The smallest absolute Gasteiger partial charge is 0.125 e. The van der Waals surface area contributed by atoms with Gasteiger partial charge < -0.3 is 9.67 Å². The topological polar surface area (TPSA) is 38.0 Å². The molecular formula is C10H11FN2O. The second-order valence-electron chi connectivity index (χ2n) is 3.15. The molecule has 2 aromatic rings. The molecule has 0 fully saturated rings. The van der Waals surface area contributed by atoms with Crippen molar-refractivity contribution in [1.82, 2.24) is 9.55 Å². The van der Waals surface area contributed by atoms with Gasteiger partial charge in [0.05, 0.1) is 17.4 Å². The Morgan fingerprint density at radius 1 is 1.43 bits per heavy atom. The van der Waals surface area contributed by atoms with Crippen LogP contribution in [0.4, 0.5) is 4.39 Å². The number of aryl methyl sites for hydroxylation is 1. The van der Waals surface area contributed by atoms with Crippen molar-refractivity contribution in [1.29, 1.82) is 0 Å². The lowest BCUT2D eigenvalue weighted by atomic mass is 10.3. The van der Waals surface area contributed by atoms with Crippen LogP contribution in [0.3, 0.4) is 0 Å². The number of hydrogen-bond acceptors (Lipinski definition) is 2. The van der Waals surface area contributed by atoms with Crippen LogP contribution in [0.2, 0.25) is 0 Å². The minimum Gasteiger partial charge on any atom is -0.396 e. The van der Waals surface area contributed by atoms with Crippen molar-refractivity contribution in [3.8, 4) is 0 Å². The first kappa shape index (κ1) is 9.15. The van der Waals surface area contributed by atoms with E-state index in [0.717, 1.165) is 11.0 Å². The van der Waals surface area contributed by atoms with Crippen LogP contribution in [-0.2, 0) is 6.54 Å². The summed E-state index contributed by atoms with van der Waals surface area (Å²) in [4.78, 5) is 4.13. The molecule has 0 spiro atoms. The molecule has 0 aliphatic carbocycles. The van der Waals surface area contributed by atoms with Gasteiger partial charge in [-0.1, -0.05) is 0 Å². The summed E-state index contributed by atoms with van der Waals surface area (Å²) in [6.07, 6.45) is 2.32. The molecule has 0 atom stereocenters. The zero-order valence-electron chi connectivity index (χ0n) is 7.65. The number of nitrogens with zero attached hydrogens (tertiary/aromatic N) is 2. The molecule has 1 aromatic heterocycles. The summed E-state index contributed by atoms with van der Waals surface area (Å²) in [6.45, 7) is 0.797. The number of rotatable bonds is 3. The first-order chi connectivity index (χ1) is 6.81. The highest BCUT2D eigenvalue weighted by molar-refractivity contribution is 5.75. The van der Waals surface area contributed by atoms with Crippen LogP contribution in [0.25, 0.3) is 11.0 Å². The van der Waals surface area contributed by atoms with Crippen molar-refractivity contribution in [3.63, 3.8) is 0 Å². The Labute approximate surface area is 80.8 Å². The second-order valence-corrected chi connectivity index (χ2v) is 3.15. The van der Waals surface area contributed by atoms with Crippen molar-refractivity contribution >= 4 is 11.0 Å². The van der Waals surface area contributed by atoms with Gasteiger partial charge in [-0.2, -0.15) is 0 Å². The van der Waals surface area contributed by atoms with E-state index < -0.39 is 0 Å². The molecule has 2 rings (SSSR count). The molecule has 0 bridgehead atoms. The SMILES string of the molecule is OCCCn1cnc2ccc(F)cc21. The predicted molar refractivity (Wildman–Crippen MR) is 51.4 cm³/mol. The largest absolute Gasteiger partial charge is 0.396 e. The van der Waals surface area contributed by atoms with Crippen LogP contribution in [0, 0.1) is 5.82 Å². The van der Waals surface area contributed by atoms with Crippen LogP contribution in [0.1, 0.15) is 6.42 Å². The van der Waals surface area contributed by atoms with E-state index >= 15 is 0 Å². The van der Waals surface area contributed by atoms with Crippen molar-refractivity contribution in [2.45, 2.75) is 13.0 Å². The fourth-order valence-electron chi connectivity index (χ4n) is 1.45. The molecule has 0 saturated heterocycles. The maximum Gasteiger partial charge on any atom is 0.125 e. The molecule has 1 heterocycles. The van der Waals surface area contributed by atoms with E-state index in [9.17, 15) is 4.39 Å². The minimum absolute atomic E-state index is 0.134. The summed E-state index contributed by atoms with van der Waals surface area (Å²) >= 11 is 0. The van der Waals surface area contributed by atoms with Gasteiger partial charge >= 0.3 is 0 Å². The fraction of sp³-hybridized carbons (Fsp3) is 0.300. The molecule has 0 unspecified atom stereocenters. The Morgan fingerprint density at radius 2 is 2.29 bits per heavy atom. The summed E-state index contributed by atoms with van der Waals surface area (Å²) in [6, 6.07) is 4.51. The fourth-order valence-corrected chi connectivity index (χ4v) is 1.45. The summed E-state index contributed by atoms with van der Waals surface area (Å²) in [5, 5.41) is 8.68. The zero-order valence-corrected chi connectivity index (χ0v) is 7.65. The van der Waals surface area contributed by atoms with Crippen molar-refractivity contribution < 1.29 is 9.50 Å². The summed E-state index contributed by atoms with van der Waals surface area (Å²) < 4.78 is 14.8. The lowest BCUT2D eigenvalue weighted by Gasteiger charge is -2.01. The monoisotopic (exact) mass is 194 g/mol. The van der Waals surface area contributed by atoms with E-state index in [0.29, 0.717) is 13.0 Å². The van der Waals surface area contributed by atoms with Crippen LogP contribution >= 0.6 is 0 Å². The highest BCUT2D eigenvalue weighted by atomic mass is 19.1. The number of halogens is 1. The van der Waals surface area contributed by atoms with Gasteiger partial charge in [0, 0.05) is 13.2 Å². The van der Waals surface area contributed by atoms with Gasteiger partial charge in [0.1, 0.15) is 5.82 Å². The van der Waals surface area contributed by atoms with Gasteiger partial charge in [0.15, 0.2) is 0 Å². The first-order valence-corrected chi connectivity index (χ1v) is 4.52. The third kappa shape index (κ3) is 1.61. The maximum absolute atomic E-state index is 12.9. The third-order valence-corrected chi connectivity index (χ3v) is 2.14. The molecule has 14 heavy (non-hydrogen) atoms. The van der Waals surface area contributed by atoms with E-state index in [-0.39, 0.29) is 12.4 Å². The van der Waals surface area contributed by atoms with Crippen molar-refractivity contribution in [2.75, 3.05) is 6.61 Å². The molecule has 0 aliphatic heterocycles. The van der Waals surface area contributed by atoms with Gasteiger partial charge in [0.25, 0.3) is 0 Å². The Balaban J connectivity index is 2.40. The number of hydrogen-bond donors (Lipinski definition) is 1. The molecule has 3 nitrogen and oxygen atoms in total. The zero-order chi connectivity index (χ0) is 9.97. The molecule has 0 amide bonds. The van der Waals surface area contributed by atoms with E-state index in [1.807, 2.05) is 4.57 Å². The molecule has 1 aromatic carbocycles. The third-order valence-electron chi connectivity index (χ3n) is 2.14. The second kappa shape index (κ2) is 3.75. The number of benzene rings is 1. The first-order valence-electron chi connectivity index (χ1n) is 4.52. The van der Waals surface area contributed by atoms with Crippen LogP contribution in [0.5, 0.6) is 0 Å². The Kier molecular flexibility index (Phi) is 2.45. The summed E-state index contributed by atoms with van der Waals surface area (Å²) in [7, 11) is 0. The predicted octanol–water partition coefficient (Wildman–Crippen LogP) is 1.56. The number of aliphatic hydroxyl groups excluding tert-OH is 1. The molecule has 1 N–H and O–H groups in total. The average molecular weight is 194 g/mol. The van der Waals surface area contributed by atoms with Crippen LogP contribution < -0.4 is 0 Å². The molecule has 74 valence electrons. The molecule has 0 aliphatic rings. The lowest BCUT2D eigenvalue weighted by molar-refractivity contribution is 0.280. The Bertz CT molecular complexity index is 439. The highest BCUT2D eigenvalue weighted by Gasteiger charge is 2.02. The molecule has 4 heteroatoms. The average Bonchev–Trinajstić information content (AvgIpc) is 2.57. The van der Waals surface area contributed by atoms with Gasteiger partial charge in [-0.05, 0) is 24.6 Å². The lowest BCUT2D eigenvalue weighted by Crippen LogP contribution is -1.98. The van der Waals surface area contributed by atoms with Crippen LogP contribution in [-0.4, -0.2) is 21.3 Å². The summed E-state index contributed by atoms with van der Waals surface area (Å²) in [5.41, 5.74) is 1.56. The number of imidazole rings is 1. The highest BCUT2D eigenvalue weighted by Crippen LogP contribution is 2.14. The number of aromatic nitrogens is 2. The van der Waals surface area contributed by atoms with E-state index in [2.05, 4.69) is 4.98 Å². The van der Waals surface area contributed by atoms with Gasteiger partial charge in [-0.15, -0.1) is 0 Å². The quantitative estimate of drug-likeness (QED) is 0.805. The van der Waals surface area contributed by atoms with Crippen molar-refractivity contribution in [2.24, 2.45) is 0 Å². The minimum atomic E-state index is -0.261. The van der Waals surface area contributed by atoms with Gasteiger partial charge in [0.2, 0.25) is 0 Å². The standard InChI is InChI=1S/C10H11FN2O/c11-8-2-3-9-10(6-8)13(7-12-9)4-1-5-14/h2-3,6-7,14H,1,4-5H2. The molecular weight excluding hydrogens is 183 g/mol. The van der Waals surface area contributed by atoms with E-state index in [4.69, 9.17) is 5.11 Å². The molecule has 0 radical (unpaired) electrons. The van der Waals surface area contributed by atoms with Crippen LogP contribution in [0.15, 0.2) is 24.5 Å². The van der Waals surface area contributed by atoms with Gasteiger partial charge in [-0.25, -0.2) is 9.37 Å². The summed E-state index contributed by atoms with van der Waals surface area (Å²) in [5.74, 6) is -0.261. The van der Waals surface area contributed by atoms with E-state index in [1.165, 1.54) is 12.1 Å². The van der Waals surface area contributed by atoms with E-state index in [1.54, 1.807) is 12.4 Å². The Hall–Kier alpha value is -1.42. The number of fused-ring (bicyclic) bond motifs is 1. The maximum atomic E-state index is 12.9.